The number of carbonyl (C=O) groups is 3. The topological polar surface area (TPSA) is 70.6 Å². The van der Waals surface area contributed by atoms with E-state index in [1.807, 2.05) is 30.0 Å². The van der Waals surface area contributed by atoms with Crippen molar-refractivity contribution in [1.29, 1.82) is 0 Å². The zero-order chi connectivity index (χ0) is 22.0. The van der Waals surface area contributed by atoms with Crippen molar-refractivity contribution in [3.63, 3.8) is 0 Å². The molecule has 0 unspecified atom stereocenters. The second-order valence-corrected chi connectivity index (χ2v) is 9.04. The molecule has 0 saturated carbocycles. The number of amides is 3. The van der Waals surface area contributed by atoms with Crippen LogP contribution < -0.4 is 9.80 Å². The van der Waals surface area contributed by atoms with E-state index in [2.05, 4.69) is 11.1 Å². The van der Waals surface area contributed by atoms with Gasteiger partial charge in [-0.25, -0.2) is 9.88 Å². The molecule has 6 nitrogen and oxygen atoms in total. The number of anilines is 2. The van der Waals surface area contributed by atoms with Gasteiger partial charge in [-0.2, -0.15) is 0 Å². The highest BCUT2D eigenvalue weighted by atomic mass is 32.1. The summed E-state index contributed by atoms with van der Waals surface area (Å²) >= 11 is 1.24. The highest BCUT2D eigenvalue weighted by Gasteiger charge is 2.38. The van der Waals surface area contributed by atoms with Gasteiger partial charge in [-0.1, -0.05) is 41.7 Å². The summed E-state index contributed by atoms with van der Waals surface area (Å²) in [5, 5.41) is 0.315. The summed E-state index contributed by atoms with van der Waals surface area (Å²) in [6, 6.07) is 20.1. The largest absolute Gasteiger partial charge is 0.305 e. The third-order valence-corrected chi connectivity index (χ3v) is 7.04. The molecule has 4 aromatic rings. The Kier molecular flexibility index (Phi) is 4.03. The van der Waals surface area contributed by atoms with Crippen LogP contribution in [0.2, 0.25) is 0 Å². The standard InChI is InChI=1S/C25H17N3O3S/c1-14-12-15-6-2-5-9-20(15)27(14)22(29)16-10-11-19-21(13-16)32-25(26-19)28-23(30)17-7-3-4-8-18(17)24(28)31/h2-11,13-14H,12H2,1H3/t14-/m1/s1. The van der Waals surface area contributed by atoms with Crippen molar-refractivity contribution >= 4 is 50.1 Å². The predicted molar refractivity (Wildman–Crippen MR) is 124 cm³/mol. The number of thiazole rings is 1. The van der Waals surface area contributed by atoms with Crippen molar-refractivity contribution in [1.82, 2.24) is 4.98 Å². The molecule has 0 saturated heterocycles. The van der Waals surface area contributed by atoms with Crippen LogP contribution in [0.15, 0.2) is 66.7 Å². The minimum Gasteiger partial charge on any atom is -0.305 e. The Hall–Kier alpha value is -3.84. The summed E-state index contributed by atoms with van der Waals surface area (Å²) in [4.78, 5) is 46.4. The molecule has 0 spiro atoms. The average Bonchev–Trinajstić information content (AvgIpc) is 3.44. The lowest BCUT2D eigenvalue weighted by Gasteiger charge is -2.22. The Bertz CT molecular complexity index is 1420. The zero-order valence-corrected chi connectivity index (χ0v) is 17.9. The van der Waals surface area contributed by atoms with Crippen LogP contribution in [0, 0.1) is 0 Å². The van der Waals surface area contributed by atoms with Gasteiger partial charge in [0.2, 0.25) is 5.13 Å². The fraction of sp³-hybridized carbons (Fsp3) is 0.120. The van der Waals surface area contributed by atoms with Gasteiger partial charge in [0.1, 0.15) is 0 Å². The smallest absolute Gasteiger partial charge is 0.268 e. The van der Waals surface area contributed by atoms with Crippen molar-refractivity contribution in [2.24, 2.45) is 0 Å². The maximum Gasteiger partial charge on any atom is 0.268 e. The number of para-hydroxylation sites is 1. The van der Waals surface area contributed by atoms with Crippen LogP contribution in [0.3, 0.4) is 0 Å². The first-order valence-corrected chi connectivity index (χ1v) is 11.1. The third-order valence-electron chi connectivity index (χ3n) is 6.04. The second-order valence-electron chi connectivity index (χ2n) is 8.03. The number of nitrogens with zero attached hydrogens (tertiary/aromatic N) is 3. The van der Waals surface area contributed by atoms with Crippen molar-refractivity contribution < 1.29 is 14.4 Å². The maximum atomic E-state index is 13.4. The Morgan fingerprint density at radius 2 is 1.66 bits per heavy atom. The van der Waals surface area contributed by atoms with Gasteiger partial charge in [0.05, 0.1) is 21.3 Å². The zero-order valence-electron chi connectivity index (χ0n) is 17.1. The minimum absolute atomic E-state index is 0.0694. The van der Waals surface area contributed by atoms with E-state index in [1.165, 1.54) is 16.9 Å². The molecule has 6 rings (SSSR count). The summed E-state index contributed by atoms with van der Waals surface area (Å²) in [6.45, 7) is 2.05. The Morgan fingerprint density at radius 3 is 2.41 bits per heavy atom. The van der Waals surface area contributed by atoms with Crippen LogP contribution in [0.1, 0.15) is 43.6 Å². The summed E-state index contributed by atoms with van der Waals surface area (Å²) < 4.78 is 0.752. The van der Waals surface area contributed by atoms with Crippen LogP contribution in [-0.2, 0) is 6.42 Å². The lowest BCUT2D eigenvalue weighted by atomic mass is 10.1. The molecule has 0 fully saturated rings. The fourth-order valence-electron chi connectivity index (χ4n) is 4.52. The molecule has 0 radical (unpaired) electrons. The second kappa shape index (κ2) is 6.83. The van der Waals surface area contributed by atoms with Gasteiger partial charge in [-0.3, -0.25) is 14.4 Å². The van der Waals surface area contributed by atoms with E-state index >= 15 is 0 Å². The van der Waals surface area contributed by atoms with E-state index < -0.39 is 0 Å². The number of rotatable bonds is 2. The Balaban J connectivity index is 1.36. The van der Waals surface area contributed by atoms with Crippen LogP contribution in [0.5, 0.6) is 0 Å². The number of aromatic nitrogens is 1. The van der Waals surface area contributed by atoms with Crippen LogP contribution in [0.4, 0.5) is 10.8 Å². The highest BCUT2D eigenvalue weighted by molar-refractivity contribution is 7.22. The van der Waals surface area contributed by atoms with Crippen LogP contribution >= 0.6 is 11.3 Å². The lowest BCUT2D eigenvalue weighted by Crippen LogP contribution is -2.35. The predicted octanol–water partition coefficient (Wildman–Crippen LogP) is 4.69. The molecule has 3 heterocycles. The van der Waals surface area contributed by atoms with Gasteiger partial charge < -0.3 is 4.90 Å². The molecule has 0 N–H and O–H groups in total. The molecular weight excluding hydrogens is 422 g/mol. The van der Waals surface area contributed by atoms with Crippen molar-refractivity contribution in [2.75, 3.05) is 9.80 Å². The quantitative estimate of drug-likeness (QED) is 0.425. The van der Waals surface area contributed by atoms with Crippen molar-refractivity contribution in [2.45, 2.75) is 19.4 Å². The molecule has 2 aliphatic heterocycles. The van der Waals surface area contributed by atoms with Crippen molar-refractivity contribution in [3.05, 3.63) is 89.0 Å². The Labute approximate surface area is 187 Å². The molecule has 7 heteroatoms. The number of hydrogen-bond acceptors (Lipinski definition) is 5. The lowest BCUT2D eigenvalue weighted by molar-refractivity contribution is 0.0924. The monoisotopic (exact) mass is 439 g/mol. The van der Waals surface area contributed by atoms with E-state index in [9.17, 15) is 14.4 Å². The highest BCUT2D eigenvalue weighted by Crippen LogP contribution is 2.36. The van der Waals surface area contributed by atoms with Crippen LogP contribution in [-0.4, -0.2) is 28.7 Å². The van der Waals surface area contributed by atoms with E-state index in [1.54, 1.807) is 42.5 Å². The van der Waals surface area contributed by atoms with E-state index in [-0.39, 0.29) is 23.8 Å². The van der Waals surface area contributed by atoms with Gasteiger partial charge in [0, 0.05) is 17.3 Å². The normalized spacial score (nSPS) is 17.2. The molecule has 1 aromatic heterocycles. The van der Waals surface area contributed by atoms with Gasteiger partial charge in [0.15, 0.2) is 0 Å². The van der Waals surface area contributed by atoms with E-state index in [0.29, 0.717) is 27.3 Å². The SMILES string of the molecule is C[C@@H]1Cc2ccccc2N1C(=O)c1ccc2nc(N3C(=O)c4ccccc4C3=O)sc2c1. The number of imide groups is 1. The minimum atomic E-state index is -0.372. The number of benzene rings is 3. The van der Waals surface area contributed by atoms with E-state index in [0.717, 1.165) is 21.7 Å². The number of hydrogen-bond donors (Lipinski definition) is 0. The molecule has 156 valence electrons. The average molecular weight is 439 g/mol. The molecular formula is C25H17N3O3S. The first-order valence-electron chi connectivity index (χ1n) is 10.3. The fourth-order valence-corrected chi connectivity index (χ4v) is 5.52. The molecule has 3 amide bonds. The van der Waals surface area contributed by atoms with Gasteiger partial charge in [0.25, 0.3) is 17.7 Å². The summed E-state index contributed by atoms with van der Waals surface area (Å²) in [7, 11) is 0. The maximum absolute atomic E-state index is 13.4. The third kappa shape index (κ3) is 2.64. The van der Waals surface area contributed by atoms with Crippen molar-refractivity contribution in [3.8, 4) is 0 Å². The van der Waals surface area contributed by atoms with E-state index in [4.69, 9.17) is 0 Å². The Morgan fingerprint density at radius 1 is 0.969 bits per heavy atom. The summed E-state index contributed by atoms with van der Waals surface area (Å²) in [6.07, 6.45) is 0.828. The van der Waals surface area contributed by atoms with Crippen LogP contribution in [0.25, 0.3) is 10.2 Å². The summed E-state index contributed by atoms with van der Waals surface area (Å²) in [5.74, 6) is -0.813. The molecule has 0 aliphatic carbocycles. The van der Waals surface area contributed by atoms with Gasteiger partial charge >= 0.3 is 0 Å². The molecule has 0 bridgehead atoms. The molecule has 1 atom stereocenters. The molecule has 32 heavy (non-hydrogen) atoms. The molecule has 2 aliphatic rings. The first-order chi connectivity index (χ1) is 15.5. The number of carbonyl (C=O) groups excluding carboxylic acids is 3. The van der Waals surface area contributed by atoms with Gasteiger partial charge in [-0.05, 0) is 55.3 Å². The number of fused-ring (bicyclic) bond motifs is 3. The first kappa shape index (κ1) is 18.9. The summed E-state index contributed by atoms with van der Waals surface area (Å²) in [5.41, 5.74) is 4.08. The molecule has 3 aromatic carbocycles. The van der Waals surface area contributed by atoms with Gasteiger partial charge in [-0.15, -0.1) is 0 Å².